The van der Waals surface area contributed by atoms with Crippen LogP contribution in [0.25, 0.3) is 0 Å². The van der Waals surface area contributed by atoms with Crippen LogP contribution in [-0.2, 0) is 6.42 Å². The fourth-order valence-electron chi connectivity index (χ4n) is 1.96. The van der Waals surface area contributed by atoms with Crippen LogP contribution < -0.4 is 5.32 Å². The third kappa shape index (κ3) is 3.10. The summed E-state index contributed by atoms with van der Waals surface area (Å²) in [6.07, 6.45) is 0.470. The van der Waals surface area contributed by atoms with Crippen molar-refractivity contribution < 1.29 is 17.6 Å². The van der Waals surface area contributed by atoms with E-state index in [0.717, 1.165) is 5.56 Å². The molecular formula is C15H13F4N. The smallest absolute Gasteiger partial charge is 0.185 e. The van der Waals surface area contributed by atoms with Gasteiger partial charge in [0.05, 0.1) is 0 Å². The van der Waals surface area contributed by atoms with E-state index in [9.17, 15) is 17.6 Å². The lowest BCUT2D eigenvalue weighted by Crippen LogP contribution is -2.20. The molecule has 0 spiro atoms. The second-order valence-corrected chi connectivity index (χ2v) is 4.58. The van der Waals surface area contributed by atoms with E-state index in [1.807, 2.05) is 30.3 Å². The molecule has 20 heavy (non-hydrogen) atoms. The molecule has 106 valence electrons. The van der Waals surface area contributed by atoms with Crippen LogP contribution in [0.15, 0.2) is 36.4 Å². The number of nitrogens with one attached hydrogen (secondary N) is 1. The van der Waals surface area contributed by atoms with Crippen LogP contribution in [0.2, 0.25) is 0 Å². The quantitative estimate of drug-likeness (QED) is 0.652. The van der Waals surface area contributed by atoms with Gasteiger partial charge >= 0.3 is 0 Å². The first kappa shape index (κ1) is 14.4. The van der Waals surface area contributed by atoms with Gasteiger partial charge in [0.25, 0.3) is 0 Å². The van der Waals surface area contributed by atoms with Crippen molar-refractivity contribution in [2.45, 2.75) is 19.4 Å². The summed E-state index contributed by atoms with van der Waals surface area (Å²) in [4.78, 5) is 0. The van der Waals surface area contributed by atoms with E-state index in [1.165, 1.54) is 0 Å². The summed E-state index contributed by atoms with van der Waals surface area (Å²) in [5, 5.41) is 2.48. The van der Waals surface area contributed by atoms with Gasteiger partial charge in [-0.3, -0.25) is 0 Å². The van der Waals surface area contributed by atoms with Crippen LogP contribution in [0.3, 0.4) is 0 Å². The molecule has 0 fully saturated rings. The Kier molecular flexibility index (Phi) is 4.27. The number of hydrogen-bond donors (Lipinski definition) is 1. The largest absolute Gasteiger partial charge is 0.377 e. The zero-order valence-corrected chi connectivity index (χ0v) is 10.8. The topological polar surface area (TPSA) is 12.0 Å². The van der Waals surface area contributed by atoms with Crippen molar-refractivity contribution in [1.29, 1.82) is 0 Å². The highest BCUT2D eigenvalue weighted by atomic mass is 19.2. The first-order valence-electron chi connectivity index (χ1n) is 6.12. The summed E-state index contributed by atoms with van der Waals surface area (Å²) in [5.74, 6) is -5.66. The minimum atomic E-state index is -1.42. The maximum absolute atomic E-state index is 13.5. The van der Waals surface area contributed by atoms with Gasteiger partial charge in [-0.05, 0) is 18.9 Å². The fourth-order valence-corrected chi connectivity index (χ4v) is 1.96. The van der Waals surface area contributed by atoms with Gasteiger partial charge in [-0.15, -0.1) is 0 Å². The molecule has 2 aromatic carbocycles. The third-order valence-electron chi connectivity index (χ3n) is 2.89. The molecule has 0 bridgehead atoms. The molecule has 2 aromatic rings. The lowest BCUT2D eigenvalue weighted by Gasteiger charge is -2.17. The molecule has 0 aliphatic carbocycles. The van der Waals surface area contributed by atoms with E-state index in [4.69, 9.17) is 0 Å². The molecule has 1 N–H and O–H groups in total. The Balaban J connectivity index is 2.18. The SMILES string of the molecule is CC(Cc1ccccc1)Nc1c(F)c(F)cc(F)c1F. The van der Waals surface area contributed by atoms with Gasteiger partial charge in [-0.2, -0.15) is 0 Å². The van der Waals surface area contributed by atoms with Gasteiger partial charge in [-0.1, -0.05) is 30.3 Å². The second-order valence-electron chi connectivity index (χ2n) is 4.58. The molecular weight excluding hydrogens is 270 g/mol. The van der Waals surface area contributed by atoms with Crippen LogP contribution in [0.4, 0.5) is 23.2 Å². The molecule has 0 saturated heterocycles. The zero-order chi connectivity index (χ0) is 14.7. The van der Waals surface area contributed by atoms with Crippen LogP contribution in [0.5, 0.6) is 0 Å². The number of hydrogen-bond acceptors (Lipinski definition) is 1. The van der Waals surface area contributed by atoms with Crippen molar-refractivity contribution in [2.75, 3.05) is 5.32 Å². The highest BCUT2D eigenvalue weighted by Crippen LogP contribution is 2.25. The molecule has 0 heterocycles. The minimum Gasteiger partial charge on any atom is -0.377 e. The summed E-state index contributed by atoms with van der Waals surface area (Å²) >= 11 is 0. The number of benzene rings is 2. The Hall–Kier alpha value is -2.04. The normalized spacial score (nSPS) is 12.2. The Morgan fingerprint density at radius 3 is 2.05 bits per heavy atom. The molecule has 0 radical (unpaired) electrons. The minimum absolute atomic E-state index is 0.192. The average Bonchev–Trinajstić information content (AvgIpc) is 2.42. The molecule has 0 amide bonds. The molecule has 5 heteroatoms. The Labute approximate surface area is 114 Å². The summed E-state index contributed by atoms with van der Waals surface area (Å²) < 4.78 is 53.1. The highest BCUT2D eigenvalue weighted by molar-refractivity contribution is 5.48. The van der Waals surface area contributed by atoms with Crippen LogP contribution >= 0.6 is 0 Å². The molecule has 1 nitrogen and oxygen atoms in total. The predicted molar refractivity (Wildman–Crippen MR) is 69.5 cm³/mol. The highest BCUT2D eigenvalue weighted by Gasteiger charge is 2.20. The van der Waals surface area contributed by atoms with Gasteiger partial charge in [0.15, 0.2) is 23.3 Å². The van der Waals surface area contributed by atoms with Gasteiger partial charge in [0.1, 0.15) is 5.69 Å². The first-order valence-corrected chi connectivity index (χ1v) is 6.12. The number of anilines is 1. The van der Waals surface area contributed by atoms with Crippen molar-refractivity contribution in [3.63, 3.8) is 0 Å². The maximum atomic E-state index is 13.5. The Bertz CT molecular complexity index is 572. The molecule has 2 rings (SSSR count). The maximum Gasteiger partial charge on any atom is 0.185 e. The summed E-state index contributed by atoms with van der Waals surface area (Å²) in [7, 11) is 0. The second kappa shape index (κ2) is 5.94. The molecule has 1 unspecified atom stereocenters. The number of halogens is 4. The Morgan fingerprint density at radius 2 is 1.50 bits per heavy atom. The van der Waals surface area contributed by atoms with Crippen molar-refractivity contribution in [3.05, 3.63) is 65.2 Å². The molecule has 0 aliphatic rings. The standard InChI is InChI=1S/C15H13F4N/c1-9(7-10-5-3-2-4-6-10)20-15-13(18)11(16)8-12(17)14(15)19/h2-6,8-9,20H,7H2,1H3. The predicted octanol–water partition coefficient (Wildman–Crippen LogP) is 4.29. The lowest BCUT2D eigenvalue weighted by molar-refractivity contribution is 0.456. The van der Waals surface area contributed by atoms with Crippen molar-refractivity contribution in [1.82, 2.24) is 0 Å². The summed E-state index contributed by atoms with van der Waals surface area (Å²) in [5.41, 5.74) is 0.177. The molecule has 0 aliphatic heterocycles. The summed E-state index contributed by atoms with van der Waals surface area (Å²) in [6.45, 7) is 1.68. The average molecular weight is 283 g/mol. The van der Waals surface area contributed by atoms with Crippen LogP contribution in [0.1, 0.15) is 12.5 Å². The van der Waals surface area contributed by atoms with Crippen LogP contribution in [-0.4, -0.2) is 6.04 Å². The fraction of sp³-hybridized carbons (Fsp3) is 0.200. The van der Waals surface area contributed by atoms with Gasteiger partial charge < -0.3 is 5.32 Å². The van der Waals surface area contributed by atoms with E-state index in [2.05, 4.69) is 5.32 Å². The summed E-state index contributed by atoms with van der Waals surface area (Å²) in [6, 6.07) is 9.05. The van der Waals surface area contributed by atoms with E-state index in [-0.39, 0.29) is 12.1 Å². The van der Waals surface area contributed by atoms with Crippen LogP contribution in [0, 0.1) is 23.3 Å². The number of rotatable bonds is 4. The van der Waals surface area contributed by atoms with Gasteiger partial charge in [-0.25, -0.2) is 17.6 Å². The van der Waals surface area contributed by atoms with E-state index in [0.29, 0.717) is 6.42 Å². The monoisotopic (exact) mass is 283 g/mol. The molecule has 1 atom stereocenters. The lowest BCUT2D eigenvalue weighted by atomic mass is 10.1. The van der Waals surface area contributed by atoms with Gasteiger partial charge in [0.2, 0.25) is 0 Å². The molecule has 0 aromatic heterocycles. The molecule has 0 saturated carbocycles. The first-order chi connectivity index (χ1) is 9.49. The zero-order valence-electron chi connectivity index (χ0n) is 10.8. The van der Waals surface area contributed by atoms with Crippen molar-refractivity contribution in [3.8, 4) is 0 Å². The third-order valence-corrected chi connectivity index (χ3v) is 2.89. The Morgan fingerprint density at radius 1 is 0.950 bits per heavy atom. The van der Waals surface area contributed by atoms with Crippen molar-refractivity contribution >= 4 is 5.69 Å². The van der Waals surface area contributed by atoms with E-state index < -0.39 is 29.0 Å². The van der Waals surface area contributed by atoms with Crippen molar-refractivity contribution in [2.24, 2.45) is 0 Å². The van der Waals surface area contributed by atoms with E-state index in [1.54, 1.807) is 6.92 Å². The van der Waals surface area contributed by atoms with Gasteiger partial charge in [0, 0.05) is 12.1 Å². The van der Waals surface area contributed by atoms with E-state index >= 15 is 0 Å².